The van der Waals surface area contributed by atoms with Crippen LogP contribution < -0.4 is 0 Å². The lowest BCUT2D eigenvalue weighted by Gasteiger charge is -2.14. The van der Waals surface area contributed by atoms with E-state index in [1.807, 2.05) is 6.92 Å². The van der Waals surface area contributed by atoms with Crippen molar-refractivity contribution in [3.05, 3.63) is 0 Å². The molecule has 18 heavy (non-hydrogen) atoms. The lowest BCUT2D eigenvalue weighted by atomic mass is 9.93. The molecule has 0 aromatic rings. The van der Waals surface area contributed by atoms with Crippen LogP contribution in [0.5, 0.6) is 0 Å². The molecule has 2 unspecified atom stereocenters. The molecule has 0 saturated heterocycles. The number of hydrogen-bond donors (Lipinski definition) is 1. The molecule has 0 radical (unpaired) electrons. The van der Waals surface area contributed by atoms with E-state index >= 15 is 0 Å². The van der Waals surface area contributed by atoms with Crippen LogP contribution >= 0.6 is 12.6 Å². The zero-order valence-corrected chi connectivity index (χ0v) is 13.5. The number of carbonyl (C=O) groups excluding carboxylic acids is 1. The molecule has 0 aromatic heterocycles. The Kier molecular flexibility index (Phi) is 12.1. The molecule has 0 aromatic carbocycles. The predicted molar refractivity (Wildman–Crippen MR) is 84.2 cm³/mol. The third-order valence-corrected chi connectivity index (χ3v) is 4.17. The van der Waals surface area contributed by atoms with Crippen molar-refractivity contribution in [3.8, 4) is 0 Å². The summed E-state index contributed by atoms with van der Waals surface area (Å²) in [5.41, 5.74) is 0. The second-order valence-corrected chi connectivity index (χ2v) is 6.28. The summed E-state index contributed by atoms with van der Waals surface area (Å²) in [7, 11) is 0. The van der Waals surface area contributed by atoms with Crippen molar-refractivity contribution in [2.75, 3.05) is 0 Å². The third kappa shape index (κ3) is 11.1. The van der Waals surface area contributed by atoms with Crippen LogP contribution in [0.3, 0.4) is 0 Å². The molecule has 0 heterocycles. The highest BCUT2D eigenvalue weighted by molar-refractivity contribution is 7.96. The second-order valence-electron chi connectivity index (χ2n) is 5.84. The largest absolute Gasteiger partial charge is 0.287 e. The molecule has 0 aliphatic carbocycles. The molecule has 0 amide bonds. The van der Waals surface area contributed by atoms with Crippen molar-refractivity contribution >= 4 is 17.7 Å². The van der Waals surface area contributed by atoms with Crippen LogP contribution in [-0.4, -0.2) is 5.12 Å². The Bertz CT molecular complexity index is 203. The first-order chi connectivity index (χ1) is 8.57. The molecule has 0 saturated carbocycles. The highest BCUT2D eigenvalue weighted by Crippen LogP contribution is 2.20. The number of hydrogen-bond acceptors (Lipinski definition) is 1. The predicted octanol–water partition coefficient (Wildman–Crippen LogP) is 5.64. The fourth-order valence-corrected chi connectivity index (χ4v) is 2.55. The van der Waals surface area contributed by atoms with Gasteiger partial charge in [-0.25, -0.2) is 0 Å². The van der Waals surface area contributed by atoms with E-state index in [0.29, 0.717) is 5.92 Å². The Morgan fingerprint density at radius 2 is 1.44 bits per heavy atom. The molecule has 2 atom stereocenters. The molecule has 0 spiro atoms. The van der Waals surface area contributed by atoms with Crippen LogP contribution in [0, 0.1) is 11.8 Å². The first kappa shape index (κ1) is 18.0. The smallest absolute Gasteiger partial charge is 0.188 e. The fourth-order valence-electron chi connectivity index (χ4n) is 2.45. The lowest BCUT2D eigenvalue weighted by Crippen LogP contribution is -2.09. The van der Waals surface area contributed by atoms with E-state index in [0.717, 1.165) is 6.42 Å². The molecular formula is C16H32OS. The first-order valence-electron chi connectivity index (χ1n) is 7.80. The first-order valence-corrected chi connectivity index (χ1v) is 8.25. The van der Waals surface area contributed by atoms with Crippen LogP contribution in [-0.2, 0) is 4.79 Å². The van der Waals surface area contributed by atoms with Crippen LogP contribution in [0.2, 0.25) is 0 Å². The number of unbranched alkanes of at least 4 members (excludes halogenated alkanes) is 7. The van der Waals surface area contributed by atoms with Gasteiger partial charge >= 0.3 is 0 Å². The van der Waals surface area contributed by atoms with Gasteiger partial charge in [0.05, 0.1) is 0 Å². The summed E-state index contributed by atoms with van der Waals surface area (Å²) >= 11 is 3.89. The maximum Gasteiger partial charge on any atom is 0.188 e. The highest BCUT2D eigenvalue weighted by atomic mass is 32.1. The van der Waals surface area contributed by atoms with Crippen molar-refractivity contribution in [1.82, 2.24) is 0 Å². The van der Waals surface area contributed by atoms with Gasteiger partial charge in [0, 0.05) is 5.92 Å². The summed E-state index contributed by atoms with van der Waals surface area (Å²) in [5.74, 6) is 0.786. The minimum atomic E-state index is 0.0396. The molecule has 0 aliphatic heterocycles. The Morgan fingerprint density at radius 1 is 0.944 bits per heavy atom. The lowest BCUT2D eigenvalue weighted by molar-refractivity contribution is -0.114. The van der Waals surface area contributed by atoms with Gasteiger partial charge in [0.25, 0.3) is 0 Å². The molecule has 0 bridgehead atoms. The molecule has 0 fully saturated rings. The van der Waals surface area contributed by atoms with Gasteiger partial charge in [0.2, 0.25) is 0 Å². The van der Waals surface area contributed by atoms with Crippen molar-refractivity contribution in [2.24, 2.45) is 11.8 Å². The maximum atomic E-state index is 11.0. The molecule has 0 N–H and O–H groups in total. The average Bonchev–Trinajstić information content (AvgIpc) is 2.32. The van der Waals surface area contributed by atoms with Gasteiger partial charge in [0.15, 0.2) is 5.12 Å². The normalized spacial score (nSPS) is 14.4. The number of thiol groups is 1. The van der Waals surface area contributed by atoms with Crippen molar-refractivity contribution in [1.29, 1.82) is 0 Å². The number of carbonyl (C=O) groups is 1. The molecule has 2 heteroatoms. The van der Waals surface area contributed by atoms with Gasteiger partial charge in [0.1, 0.15) is 0 Å². The fraction of sp³-hybridized carbons (Fsp3) is 0.938. The zero-order valence-electron chi connectivity index (χ0n) is 12.6. The Hall–Kier alpha value is 0.0200. The summed E-state index contributed by atoms with van der Waals surface area (Å²) in [6.45, 7) is 6.51. The summed E-state index contributed by atoms with van der Waals surface area (Å²) in [4.78, 5) is 11.0. The van der Waals surface area contributed by atoms with Crippen molar-refractivity contribution in [2.45, 2.75) is 85.0 Å². The molecule has 1 nitrogen and oxygen atoms in total. The SMILES string of the molecule is CCCCCCCCCCC(C)CC(C)C(=O)S. The highest BCUT2D eigenvalue weighted by Gasteiger charge is 2.12. The quantitative estimate of drug-likeness (QED) is 0.359. The third-order valence-electron chi connectivity index (χ3n) is 3.73. The topological polar surface area (TPSA) is 17.1 Å². The molecule has 108 valence electrons. The van der Waals surface area contributed by atoms with Gasteiger partial charge in [-0.2, -0.15) is 0 Å². The zero-order chi connectivity index (χ0) is 13.8. The van der Waals surface area contributed by atoms with Gasteiger partial charge in [-0.05, 0) is 12.3 Å². The molecule has 0 aliphatic rings. The Labute approximate surface area is 120 Å². The Balaban J connectivity index is 3.30. The summed E-state index contributed by atoms with van der Waals surface area (Å²) < 4.78 is 0. The van der Waals surface area contributed by atoms with Crippen molar-refractivity contribution in [3.63, 3.8) is 0 Å². The van der Waals surface area contributed by atoms with E-state index in [-0.39, 0.29) is 11.0 Å². The Morgan fingerprint density at radius 3 is 1.94 bits per heavy atom. The summed E-state index contributed by atoms with van der Waals surface area (Å²) in [6, 6.07) is 0. The minimum Gasteiger partial charge on any atom is -0.287 e. The minimum absolute atomic E-state index is 0.0396. The van der Waals surface area contributed by atoms with Crippen LogP contribution in [0.4, 0.5) is 0 Å². The summed E-state index contributed by atoms with van der Waals surface area (Å²) in [5, 5.41) is 0.0396. The van der Waals surface area contributed by atoms with E-state index in [4.69, 9.17) is 0 Å². The monoisotopic (exact) mass is 272 g/mol. The van der Waals surface area contributed by atoms with Crippen LogP contribution in [0.1, 0.15) is 85.0 Å². The van der Waals surface area contributed by atoms with E-state index in [1.54, 1.807) is 0 Å². The maximum absolute atomic E-state index is 11.0. The van der Waals surface area contributed by atoms with Gasteiger partial charge < -0.3 is 0 Å². The van der Waals surface area contributed by atoms with Gasteiger partial charge in [-0.1, -0.05) is 78.6 Å². The van der Waals surface area contributed by atoms with E-state index < -0.39 is 0 Å². The van der Waals surface area contributed by atoms with E-state index in [1.165, 1.54) is 57.8 Å². The standard InChI is InChI=1S/C16H32OS/c1-4-5-6-7-8-9-10-11-12-14(2)13-15(3)16(17)18/h14-15H,4-13H2,1-3H3,(H,17,18). The van der Waals surface area contributed by atoms with Crippen LogP contribution in [0.25, 0.3) is 0 Å². The molecular weight excluding hydrogens is 240 g/mol. The van der Waals surface area contributed by atoms with Gasteiger partial charge in [-0.3, -0.25) is 4.79 Å². The van der Waals surface area contributed by atoms with Crippen molar-refractivity contribution < 1.29 is 4.79 Å². The number of rotatable bonds is 12. The van der Waals surface area contributed by atoms with Crippen LogP contribution in [0.15, 0.2) is 0 Å². The summed E-state index contributed by atoms with van der Waals surface area (Å²) in [6.07, 6.45) is 13.3. The molecule has 0 rings (SSSR count). The average molecular weight is 272 g/mol. The van der Waals surface area contributed by atoms with E-state index in [9.17, 15) is 4.79 Å². The second kappa shape index (κ2) is 12.1. The van der Waals surface area contributed by atoms with E-state index in [2.05, 4.69) is 26.5 Å². The van der Waals surface area contributed by atoms with Gasteiger partial charge in [-0.15, -0.1) is 12.6 Å².